The molecule has 0 bridgehead atoms. The second kappa shape index (κ2) is 13.3. The van der Waals surface area contributed by atoms with E-state index in [1.807, 2.05) is 0 Å². The molecular weight excluding hydrogens is 510 g/mol. The first-order chi connectivity index (χ1) is 18.6. The Hall–Kier alpha value is -4.60. The fourth-order valence-electron chi connectivity index (χ4n) is 3.64. The number of hydrogen-bond acceptors (Lipinski definition) is 7. The van der Waals surface area contributed by atoms with E-state index in [4.69, 9.17) is 14.2 Å². The summed E-state index contributed by atoms with van der Waals surface area (Å²) in [4.78, 5) is 42.0. The molecule has 0 spiro atoms. The fraction of sp³-hybridized carbons (Fsp3) is 0.241. The molecule has 1 aromatic heterocycles. The van der Waals surface area contributed by atoms with Crippen molar-refractivity contribution in [3.8, 4) is 11.5 Å². The van der Waals surface area contributed by atoms with Crippen molar-refractivity contribution in [2.75, 3.05) is 7.11 Å². The van der Waals surface area contributed by atoms with Crippen LogP contribution in [0.2, 0.25) is 0 Å². The number of ether oxygens (including phenoxy) is 3. The lowest BCUT2D eigenvalue weighted by molar-refractivity contribution is -0.141. The Morgan fingerprint density at radius 3 is 2.03 bits per heavy atom. The summed E-state index contributed by atoms with van der Waals surface area (Å²) in [5.41, 5.74) is 1.25. The van der Waals surface area contributed by atoms with E-state index in [0.29, 0.717) is 23.1 Å². The minimum Gasteiger partial charge on any atom is -0.493 e. The Kier molecular flexibility index (Phi) is 9.86. The number of amides is 1. The molecule has 0 aliphatic rings. The van der Waals surface area contributed by atoms with Gasteiger partial charge < -0.3 is 19.5 Å². The van der Waals surface area contributed by atoms with Gasteiger partial charge in [-0.1, -0.05) is 31.2 Å². The average molecular weight is 539 g/mol. The maximum atomic E-state index is 13.5. The van der Waals surface area contributed by atoms with Crippen molar-refractivity contribution in [3.05, 3.63) is 95.0 Å². The second-order valence-electron chi connectivity index (χ2n) is 8.48. The number of esters is 2. The first kappa shape index (κ1) is 29.0. The molecule has 2 aromatic carbocycles. The van der Waals surface area contributed by atoms with Gasteiger partial charge in [0, 0.05) is 24.3 Å². The van der Waals surface area contributed by atoms with Crippen LogP contribution in [0.25, 0.3) is 5.57 Å². The third-order valence-electron chi connectivity index (χ3n) is 5.55. The summed E-state index contributed by atoms with van der Waals surface area (Å²) in [7, 11) is 1.35. The van der Waals surface area contributed by atoms with Crippen LogP contribution < -0.4 is 14.8 Å². The third kappa shape index (κ3) is 7.47. The molecule has 0 saturated carbocycles. The molecule has 0 saturated heterocycles. The van der Waals surface area contributed by atoms with Gasteiger partial charge in [-0.2, -0.15) is 0 Å². The number of allylic oxidation sites excluding steroid dienone is 1. The number of benzene rings is 2. The molecule has 0 unspecified atom stereocenters. The summed E-state index contributed by atoms with van der Waals surface area (Å²) < 4.78 is 43.2. The predicted molar refractivity (Wildman–Crippen MR) is 139 cm³/mol. The standard InChI is InChI=1S/C29H28F2N2O6/c1-5-6-24(34)39-27-23(37-4)15-16-32-26(27)28(35)33-17(2)29(36)38-18(3)25(19-7-11-21(30)12-8-19)20-9-13-22(31)14-10-20/h7-17H,5-6H2,1-4H3,(H,33,35)/t17-/m0/s1. The summed E-state index contributed by atoms with van der Waals surface area (Å²) in [6, 6.07) is 11.3. The molecule has 1 heterocycles. The smallest absolute Gasteiger partial charge is 0.333 e. The van der Waals surface area contributed by atoms with E-state index in [2.05, 4.69) is 10.3 Å². The molecule has 3 rings (SSSR count). The van der Waals surface area contributed by atoms with Gasteiger partial charge in [-0.25, -0.2) is 18.6 Å². The Balaban J connectivity index is 1.85. The van der Waals surface area contributed by atoms with E-state index < -0.39 is 35.5 Å². The van der Waals surface area contributed by atoms with E-state index in [1.165, 1.54) is 81.8 Å². The SMILES string of the molecule is CCCC(=O)Oc1c(OC)ccnc1C(=O)N[C@@H](C)C(=O)OC(C)=C(c1ccc(F)cc1)c1ccc(F)cc1. The van der Waals surface area contributed by atoms with Crippen LogP contribution in [0.4, 0.5) is 8.78 Å². The van der Waals surface area contributed by atoms with Gasteiger partial charge in [0.2, 0.25) is 5.75 Å². The molecule has 0 fully saturated rings. The first-order valence-corrected chi connectivity index (χ1v) is 12.1. The largest absolute Gasteiger partial charge is 0.493 e. The maximum absolute atomic E-state index is 13.5. The van der Waals surface area contributed by atoms with E-state index >= 15 is 0 Å². The number of aromatic nitrogens is 1. The van der Waals surface area contributed by atoms with E-state index in [0.717, 1.165) is 0 Å². The molecule has 1 N–H and O–H groups in total. The number of rotatable bonds is 10. The van der Waals surface area contributed by atoms with Crippen molar-refractivity contribution in [1.82, 2.24) is 10.3 Å². The number of hydrogen-bond donors (Lipinski definition) is 1. The number of nitrogens with zero attached hydrogens (tertiary/aromatic N) is 1. The van der Waals surface area contributed by atoms with Crippen LogP contribution in [0.1, 0.15) is 55.2 Å². The molecular formula is C29H28F2N2O6. The van der Waals surface area contributed by atoms with Crippen LogP contribution in [-0.4, -0.2) is 36.0 Å². The quantitative estimate of drug-likeness (QED) is 0.279. The van der Waals surface area contributed by atoms with Crippen molar-refractivity contribution >= 4 is 23.4 Å². The maximum Gasteiger partial charge on any atom is 0.333 e. The van der Waals surface area contributed by atoms with Crippen LogP contribution in [0.15, 0.2) is 66.6 Å². The van der Waals surface area contributed by atoms with Gasteiger partial charge in [0.25, 0.3) is 5.91 Å². The lowest BCUT2D eigenvalue weighted by atomic mass is 9.97. The zero-order valence-corrected chi connectivity index (χ0v) is 21.9. The number of nitrogens with one attached hydrogen (secondary N) is 1. The summed E-state index contributed by atoms with van der Waals surface area (Å²) in [5, 5.41) is 2.49. The number of carbonyl (C=O) groups is 3. The van der Waals surface area contributed by atoms with Crippen molar-refractivity contribution in [2.24, 2.45) is 0 Å². The highest BCUT2D eigenvalue weighted by molar-refractivity contribution is 5.99. The third-order valence-corrected chi connectivity index (χ3v) is 5.55. The molecule has 0 radical (unpaired) electrons. The number of pyridine rings is 1. The molecule has 8 nitrogen and oxygen atoms in total. The highest BCUT2D eigenvalue weighted by Gasteiger charge is 2.26. The van der Waals surface area contributed by atoms with Gasteiger partial charge in [-0.15, -0.1) is 0 Å². The lowest BCUT2D eigenvalue weighted by Crippen LogP contribution is -2.40. The van der Waals surface area contributed by atoms with Crippen molar-refractivity contribution in [3.63, 3.8) is 0 Å². The molecule has 3 aromatic rings. The molecule has 0 aliphatic carbocycles. The van der Waals surface area contributed by atoms with Crippen LogP contribution >= 0.6 is 0 Å². The highest BCUT2D eigenvalue weighted by atomic mass is 19.1. The topological polar surface area (TPSA) is 104 Å². The minimum atomic E-state index is -1.15. The van der Waals surface area contributed by atoms with Crippen LogP contribution in [0, 0.1) is 11.6 Å². The normalized spacial score (nSPS) is 11.2. The second-order valence-corrected chi connectivity index (χ2v) is 8.48. The van der Waals surface area contributed by atoms with Crippen molar-refractivity contribution < 1.29 is 37.4 Å². The molecule has 1 amide bonds. The molecule has 204 valence electrons. The number of carbonyl (C=O) groups excluding carboxylic acids is 3. The average Bonchev–Trinajstić information content (AvgIpc) is 2.91. The van der Waals surface area contributed by atoms with Crippen molar-refractivity contribution in [2.45, 2.75) is 39.7 Å². The van der Waals surface area contributed by atoms with Gasteiger partial charge >= 0.3 is 11.9 Å². The fourth-order valence-corrected chi connectivity index (χ4v) is 3.64. The minimum absolute atomic E-state index is 0.122. The van der Waals surface area contributed by atoms with Gasteiger partial charge in [-0.05, 0) is 55.7 Å². The van der Waals surface area contributed by atoms with Gasteiger partial charge in [0.05, 0.1) is 7.11 Å². The number of methoxy groups -OCH3 is 1. The summed E-state index contributed by atoms with van der Waals surface area (Å²) in [6.07, 6.45) is 1.97. The zero-order chi connectivity index (χ0) is 28.5. The summed E-state index contributed by atoms with van der Waals surface area (Å²) in [5.74, 6) is -2.97. The van der Waals surface area contributed by atoms with E-state index in [9.17, 15) is 23.2 Å². The Morgan fingerprint density at radius 1 is 0.949 bits per heavy atom. The van der Waals surface area contributed by atoms with Gasteiger partial charge in [-0.3, -0.25) is 9.59 Å². The lowest BCUT2D eigenvalue weighted by Gasteiger charge is -2.18. The Bertz CT molecular complexity index is 1320. The van der Waals surface area contributed by atoms with Crippen LogP contribution in [0.3, 0.4) is 0 Å². The molecule has 10 heteroatoms. The predicted octanol–water partition coefficient (Wildman–Crippen LogP) is 5.21. The molecule has 1 atom stereocenters. The van der Waals surface area contributed by atoms with Crippen molar-refractivity contribution in [1.29, 1.82) is 0 Å². The monoisotopic (exact) mass is 538 g/mol. The van der Waals surface area contributed by atoms with E-state index in [-0.39, 0.29) is 29.4 Å². The van der Waals surface area contributed by atoms with Crippen LogP contribution in [0.5, 0.6) is 11.5 Å². The molecule has 39 heavy (non-hydrogen) atoms. The first-order valence-electron chi connectivity index (χ1n) is 12.1. The zero-order valence-electron chi connectivity index (χ0n) is 21.9. The van der Waals surface area contributed by atoms with Crippen LogP contribution in [-0.2, 0) is 14.3 Å². The Morgan fingerprint density at radius 2 is 1.51 bits per heavy atom. The van der Waals surface area contributed by atoms with E-state index in [1.54, 1.807) is 6.92 Å². The molecule has 0 aliphatic heterocycles. The number of halogens is 2. The summed E-state index contributed by atoms with van der Waals surface area (Å²) >= 11 is 0. The highest BCUT2D eigenvalue weighted by Crippen LogP contribution is 2.31. The van der Waals surface area contributed by atoms with Gasteiger partial charge in [0.15, 0.2) is 11.4 Å². The summed E-state index contributed by atoms with van der Waals surface area (Å²) in [6.45, 7) is 4.74. The van der Waals surface area contributed by atoms with Gasteiger partial charge in [0.1, 0.15) is 23.4 Å². The Labute approximate surface area is 224 Å².